The van der Waals surface area contributed by atoms with Gasteiger partial charge in [0.25, 0.3) is 0 Å². The molecule has 0 atom stereocenters. The lowest BCUT2D eigenvalue weighted by molar-refractivity contribution is -0.119. The van der Waals surface area contributed by atoms with Gasteiger partial charge in [0.1, 0.15) is 5.75 Å². The van der Waals surface area contributed by atoms with Gasteiger partial charge >= 0.3 is 0 Å². The Kier molecular flexibility index (Phi) is 9.23. The Balaban J connectivity index is 2.07. The van der Waals surface area contributed by atoms with Crippen LogP contribution in [0.4, 0.5) is 0 Å². The third-order valence-corrected chi connectivity index (χ3v) is 3.40. The highest BCUT2D eigenvalue weighted by Gasteiger charge is 2.04. The highest BCUT2D eigenvalue weighted by atomic mass is 32.1. The molecule has 1 aromatic rings. The zero-order valence-corrected chi connectivity index (χ0v) is 14.3. The van der Waals surface area contributed by atoms with Crippen molar-refractivity contribution in [3.63, 3.8) is 0 Å². The maximum Gasteiger partial charge on any atom is 0.226 e. The third-order valence-electron chi connectivity index (χ3n) is 3.16. The van der Waals surface area contributed by atoms with Gasteiger partial charge in [-0.2, -0.15) is 0 Å². The topological polar surface area (TPSA) is 50.4 Å². The summed E-state index contributed by atoms with van der Waals surface area (Å²) in [6.45, 7) is 5.52. The van der Waals surface area contributed by atoms with Crippen molar-refractivity contribution in [3.8, 4) is 5.75 Å². The van der Waals surface area contributed by atoms with Gasteiger partial charge in [0.15, 0.2) is 5.11 Å². The number of amides is 1. The van der Waals surface area contributed by atoms with Crippen LogP contribution in [0.3, 0.4) is 0 Å². The molecular formula is C17H26N2O2S. The van der Waals surface area contributed by atoms with Gasteiger partial charge in [-0.15, -0.1) is 0 Å². The summed E-state index contributed by atoms with van der Waals surface area (Å²) in [5, 5.41) is 6.14. The minimum Gasteiger partial charge on any atom is -0.494 e. The molecule has 0 spiro atoms. The van der Waals surface area contributed by atoms with Crippen LogP contribution in [0, 0.1) is 6.92 Å². The summed E-state index contributed by atoms with van der Waals surface area (Å²) in [5.41, 5.74) is 1.20. The summed E-state index contributed by atoms with van der Waals surface area (Å²) in [5.74, 6) is 0.764. The quantitative estimate of drug-likeness (QED) is 0.541. The van der Waals surface area contributed by atoms with Crippen molar-refractivity contribution in [2.75, 3.05) is 13.2 Å². The van der Waals surface area contributed by atoms with Gasteiger partial charge < -0.3 is 15.4 Å². The zero-order chi connectivity index (χ0) is 16.2. The molecule has 5 heteroatoms. The van der Waals surface area contributed by atoms with Crippen LogP contribution in [0.15, 0.2) is 24.3 Å². The zero-order valence-electron chi connectivity index (χ0n) is 13.5. The first-order chi connectivity index (χ1) is 10.6. The molecule has 0 bridgehead atoms. The number of nitrogens with one attached hydrogen (secondary N) is 2. The Labute approximate surface area is 138 Å². The molecule has 1 rings (SSSR count). The molecule has 4 nitrogen and oxygen atoms in total. The Morgan fingerprint density at radius 2 is 1.91 bits per heavy atom. The highest BCUT2D eigenvalue weighted by Crippen LogP contribution is 2.11. The third kappa shape index (κ3) is 8.62. The maximum absolute atomic E-state index is 11.7. The SMILES string of the molecule is CCCCCNC(=S)NC(=O)CCCOc1ccc(C)cc1. The number of carbonyl (C=O) groups is 1. The van der Waals surface area contributed by atoms with E-state index in [-0.39, 0.29) is 5.91 Å². The van der Waals surface area contributed by atoms with Gasteiger partial charge in [-0.25, -0.2) is 0 Å². The van der Waals surface area contributed by atoms with E-state index in [9.17, 15) is 4.79 Å². The van der Waals surface area contributed by atoms with Crippen molar-refractivity contribution in [3.05, 3.63) is 29.8 Å². The first-order valence-corrected chi connectivity index (χ1v) is 8.29. The summed E-state index contributed by atoms with van der Waals surface area (Å²) >= 11 is 5.07. The average Bonchev–Trinajstić information content (AvgIpc) is 2.50. The van der Waals surface area contributed by atoms with Gasteiger partial charge in [-0.05, 0) is 44.1 Å². The minimum absolute atomic E-state index is 0.0690. The standard InChI is InChI=1S/C17H26N2O2S/c1-3-4-5-12-18-17(22)19-16(20)7-6-13-21-15-10-8-14(2)9-11-15/h8-11H,3-7,12-13H2,1-2H3,(H2,18,19,20,22). The molecule has 0 saturated carbocycles. The smallest absolute Gasteiger partial charge is 0.226 e. The molecule has 0 fully saturated rings. The van der Waals surface area contributed by atoms with E-state index < -0.39 is 0 Å². The molecule has 0 radical (unpaired) electrons. The average molecular weight is 322 g/mol. The van der Waals surface area contributed by atoms with Crippen LogP contribution >= 0.6 is 12.2 Å². The lowest BCUT2D eigenvalue weighted by atomic mass is 10.2. The number of thiocarbonyl (C=S) groups is 1. The molecule has 122 valence electrons. The van der Waals surface area contributed by atoms with Crippen molar-refractivity contribution in [2.24, 2.45) is 0 Å². The largest absolute Gasteiger partial charge is 0.494 e. The normalized spacial score (nSPS) is 10.1. The summed E-state index contributed by atoms with van der Waals surface area (Å²) in [6, 6.07) is 7.88. The number of unbranched alkanes of at least 4 members (excludes halogenated alkanes) is 2. The molecule has 0 aliphatic heterocycles. The molecular weight excluding hydrogens is 296 g/mol. The van der Waals surface area contributed by atoms with E-state index in [1.54, 1.807) is 0 Å². The Bertz CT molecular complexity index is 460. The van der Waals surface area contributed by atoms with Gasteiger partial charge in [0.05, 0.1) is 6.61 Å². The molecule has 22 heavy (non-hydrogen) atoms. The number of ether oxygens (including phenoxy) is 1. The Morgan fingerprint density at radius 1 is 1.18 bits per heavy atom. The molecule has 1 amide bonds. The van der Waals surface area contributed by atoms with Crippen LogP contribution in [0.2, 0.25) is 0 Å². The number of aryl methyl sites for hydroxylation is 1. The number of hydrogen-bond donors (Lipinski definition) is 2. The molecule has 1 aromatic carbocycles. The lowest BCUT2D eigenvalue weighted by Gasteiger charge is -2.09. The van der Waals surface area contributed by atoms with Crippen LogP contribution in [0.1, 0.15) is 44.6 Å². The first-order valence-electron chi connectivity index (χ1n) is 7.89. The predicted molar refractivity (Wildman–Crippen MR) is 94.2 cm³/mol. The van der Waals surface area contributed by atoms with E-state index in [4.69, 9.17) is 17.0 Å². The summed E-state index contributed by atoms with van der Waals surface area (Å²) in [4.78, 5) is 11.7. The number of rotatable bonds is 9. The van der Waals surface area contributed by atoms with E-state index in [2.05, 4.69) is 17.6 Å². The fourth-order valence-electron chi connectivity index (χ4n) is 1.87. The van der Waals surface area contributed by atoms with Crippen LogP contribution < -0.4 is 15.4 Å². The van der Waals surface area contributed by atoms with Gasteiger partial charge in [-0.3, -0.25) is 4.79 Å². The van der Waals surface area contributed by atoms with Gasteiger partial charge in [-0.1, -0.05) is 37.5 Å². The van der Waals surface area contributed by atoms with E-state index in [0.29, 0.717) is 24.6 Å². The summed E-state index contributed by atoms with van der Waals surface area (Å²) in [6.07, 6.45) is 4.47. The first kappa shape index (κ1) is 18.4. The van der Waals surface area contributed by atoms with Crippen LogP contribution in [0.25, 0.3) is 0 Å². The molecule has 0 aromatic heterocycles. The van der Waals surface area contributed by atoms with Crippen LogP contribution in [-0.2, 0) is 4.79 Å². The fraction of sp³-hybridized carbons (Fsp3) is 0.529. The second-order valence-electron chi connectivity index (χ2n) is 5.28. The predicted octanol–water partition coefficient (Wildman–Crippen LogP) is 3.33. The number of benzene rings is 1. The van der Waals surface area contributed by atoms with Gasteiger partial charge in [0.2, 0.25) is 5.91 Å². The molecule has 0 aliphatic carbocycles. The summed E-state index contributed by atoms with van der Waals surface area (Å²) in [7, 11) is 0. The minimum atomic E-state index is -0.0690. The lowest BCUT2D eigenvalue weighted by Crippen LogP contribution is -2.39. The van der Waals surface area contributed by atoms with E-state index in [1.165, 1.54) is 18.4 Å². The van der Waals surface area contributed by atoms with Gasteiger partial charge in [0, 0.05) is 13.0 Å². The molecule has 0 aliphatic rings. The maximum atomic E-state index is 11.7. The Morgan fingerprint density at radius 3 is 2.59 bits per heavy atom. The van der Waals surface area contributed by atoms with Crippen LogP contribution in [-0.4, -0.2) is 24.2 Å². The molecule has 0 unspecified atom stereocenters. The highest BCUT2D eigenvalue weighted by molar-refractivity contribution is 7.80. The Hall–Kier alpha value is -1.62. The second kappa shape index (κ2) is 11.0. The number of carbonyl (C=O) groups excluding carboxylic acids is 1. The van der Waals surface area contributed by atoms with Crippen molar-refractivity contribution < 1.29 is 9.53 Å². The second-order valence-corrected chi connectivity index (χ2v) is 5.68. The van der Waals surface area contributed by atoms with Crippen molar-refractivity contribution in [1.29, 1.82) is 0 Å². The van der Waals surface area contributed by atoms with Crippen molar-refractivity contribution >= 4 is 23.2 Å². The van der Waals surface area contributed by atoms with E-state index in [1.807, 2.05) is 31.2 Å². The molecule has 0 heterocycles. The monoisotopic (exact) mass is 322 g/mol. The van der Waals surface area contributed by atoms with Crippen molar-refractivity contribution in [2.45, 2.75) is 46.0 Å². The fourth-order valence-corrected chi connectivity index (χ4v) is 2.08. The molecule has 0 saturated heterocycles. The summed E-state index contributed by atoms with van der Waals surface area (Å²) < 4.78 is 5.58. The molecule has 2 N–H and O–H groups in total. The van der Waals surface area contributed by atoms with E-state index >= 15 is 0 Å². The van der Waals surface area contributed by atoms with E-state index in [0.717, 1.165) is 18.7 Å². The van der Waals surface area contributed by atoms with Crippen molar-refractivity contribution in [1.82, 2.24) is 10.6 Å². The van der Waals surface area contributed by atoms with Crippen LogP contribution in [0.5, 0.6) is 5.75 Å². The number of hydrogen-bond acceptors (Lipinski definition) is 3.